The number of methoxy groups -OCH3 is 2. The summed E-state index contributed by atoms with van der Waals surface area (Å²) in [6.07, 6.45) is 1.41. The van der Waals surface area contributed by atoms with Crippen LogP contribution in [0.25, 0.3) is 0 Å². The maximum absolute atomic E-state index is 13.1. The number of aliphatic hydroxyl groups excluding tert-OH is 1. The Bertz CT molecular complexity index is 1170. The Labute approximate surface area is 231 Å². The number of halogens is 1. The van der Waals surface area contributed by atoms with Crippen molar-refractivity contribution in [2.75, 3.05) is 53.7 Å². The number of allylic oxidation sites excluding steroid dienone is 1. The second-order valence-electron chi connectivity index (χ2n) is 8.39. The molecule has 0 spiro atoms. The van der Waals surface area contributed by atoms with Crippen LogP contribution in [0, 0.1) is 0 Å². The molecule has 12 heteroatoms. The van der Waals surface area contributed by atoms with Crippen molar-refractivity contribution in [2.45, 2.75) is 23.5 Å². The second-order valence-corrected chi connectivity index (χ2v) is 11.2. The van der Waals surface area contributed by atoms with Crippen molar-refractivity contribution >= 4 is 31.9 Å². The number of hydrogen-bond acceptors (Lipinski definition) is 8. The fraction of sp³-hybridized carbons (Fsp3) is 0.423. The Balaban J connectivity index is 1.70. The normalized spacial score (nSPS) is 17.6. The zero-order chi connectivity index (χ0) is 27.5. The first-order chi connectivity index (χ1) is 18.3. The van der Waals surface area contributed by atoms with E-state index in [0.29, 0.717) is 25.3 Å². The summed E-state index contributed by atoms with van der Waals surface area (Å²) < 4.78 is 50.2. The van der Waals surface area contributed by atoms with Gasteiger partial charge in [-0.25, -0.2) is 8.42 Å². The van der Waals surface area contributed by atoms with Gasteiger partial charge in [0.2, 0.25) is 16.3 Å². The highest BCUT2D eigenvalue weighted by Crippen LogP contribution is 2.32. The van der Waals surface area contributed by atoms with Gasteiger partial charge in [0.05, 0.1) is 31.8 Å². The van der Waals surface area contributed by atoms with Gasteiger partial charge in [0, 0.05) is 43.6 Å². The molecule has 0 aromatic heterocycles. The number of benzene rings is 2. The summed E-state index contributed by atoms with van der Waals surface area (Å²) in [5.41, 5.74) is 0.983. The molecule has 3 rings (SSSR count). The van der Waals surface area contributed by atoms with E-state index in [1.807, 2.05) is 24.3 Å². The molecule has 2 aromatic carbocycles. The molecule has 1 aliphatic heterocycles. The van der Waals surface area contributed by atoms with Crippen molar-refractivity contribution in [1.29, 1.82) is 0 Å². The second kappa shape index (κ2) is 14.6. The molecule has 1 aliphatic rings. The fourth-order valence-corrected chi connectivity index (χ4v) is 5.54. The molecule has 0 aliphatic carbocycles. The van der Waals surface area contributed by atoms with Gasteiger partial charge < -0.3 is 29.4 Å². The molecule has 1 heterocycles. The molecule has 0 bridgehead atoms. The van der Waals surface area contributed by atoms with E-state index in [0.717, 1.165) is 14.3 Å². The van der Waals surface area contributed by atoms with Crippen LogP contribution in [-0.2, 0) is 29.0 Å². The minimum atomic E-state index is -3.88. The van der Waals surface area contributed by atoms with Gasteiger partial charge in [-0.05, 0) is 48.0 Å². The molecule has 1 amide bonds. The number of nitrogens with zero attached hydrogens (tertiary/aromatic N) is 1. The van der Waals surface area contributed by atoms with Crippen LogP contribution in [-0.4, -0.2) is 83.7 Å². The highest BCUT2D eigenvalue weighted by molar-refractivity contribution is 9.10. The number of carbonyl (C=O) groups excluding carboxylic acids is 1. The lowest BCUT2D eigenvalue weighted by molar-refractivity contribution is -0.146. The van der Waals surface area contributed by atoms with Gasteiger partial charge in [0.1, 0.15) is 5.75 Å². The lowest BCUT2D eigenvalue weighted by atomic mass is 9.93. The van der Waals surface area contributed by atoms with E-state index in [1.54, 1.807) is 25.3 Å². The van der Waals surface area contributed by atoms with Crippen molar-refractivity contribution in [3.63, 3.8) is 0 Å². The fourth-order valence-electron chi connectivity index (χ4n) is 3.86. The Kier molecular flexibility index (Phi) is 11.6. The minimum absolute atomic E-state index is 0.00825. The van der Waals surface area contributed by atoms with Crippen molar-refractivity contribution in [2.24, 2.45) is 0 Å². The van der Waals surface area contributed by atoms with Gasteiger partial charge in [0.25, 0.3) is 5.91 Å². The number of nitrogens with one attached hydrogen (secondary N) is 1. The highest BCUT2D eigenvalue weighted by atomic mass is 79.9. The predicted octanol–water partition coefficient (Wildman–Crippen LogP) is 2.63. The summed E-state index contributed by atoms with van der Waals surface area (Å²) in [6, 6.07) is 13.8. The molecule has 0 fully saturated rings. The summed E-state index contributed by atoms with van der Waals surface area (Å²) in [4.78, 5) is 12.8. The number of amides is 1. The van der Waals surface area contributed by atoms with Gasteiger partial charge in [0.15, 0.2) is 5.76 Å². The van der Waals surface area contributed by atoms with Crippen LogP contribution >= 0.6 is 15.9 Å². The maximum atomic E-state index is 13.1. The van der Waals surface area contributed by atoms with Gasteiger partial charge in [-0.15, -0.1) is 0 Å². The van der Waals surface area contributed by atoms with E-state index in [2.05, 4.69) is 21.2 Å². The number of carbonyl (C=O) groups is 1. The molecule has 0 unspecified atom stereocenters. The van der Waals surface area contributed by atoms with Crippen LogP contribution in [0.3, 0.4) is 0 Å². The Morgan fingerprint density at radius 3 is 2.45 bits per heavy atom. The number of ether oxygens (including phenoxy) is 4. The molecule has 0 saturated heterocycles. The van der Waals surface area contributed by atoms with Crippen LogP contribution in [0.2, 0.25) is 0 Å². The third-order valence-electron chi connectivity index (χ3n) is 5.86. The summed E-state index contributed by atoms with van der Waals surface area (Å²) in [6.45, 7) is 0.206. The summed E-state index contributed by atoms with van der Waals surface area (Å²) in [5.74, 6) is 0.122. The Morgan fingerprint density at radius 2 is 1.82 bits per heavy atom. The zero-order valence-corrected chi connectivity index (χ0v) is 23.7. The predicted molar refractivity (Wildman–Crippen MR) is 144 cm³/mol. The third kappa shape index (κ3) is 8.26. The molecule has 2 atom stereocenters. The largest absolute Gasteiger partial charge is 0.497 e. The van der Waals surface area contributed by atoms with E-state index in [1.165, 1.54) is 19.2 Å². The molecule has 2 aromatic rings. The summed E-state index contributed by atoms with van der Waals surface area (Å²) >= 11 is 3.43. The van der Waals surface area contributed by atoms with E-state index < -0.39 is 16.3 Å². The number of hydrogen-bond donors (Lipinski definition) is 2. The van der Waals surface area contributed by atoms with Gasteiger partial charge >= 0.3 is 0 Å². The van der Waals surface area contributed by atoms with E-state index in [-0.39, 0.29) is 48.8 Å². The maximum Gasteiger partial charge on any atom is 0.286 e. The first-order valence-electron chi connectivity index (χ1n) is 12.1. The molecular formula is C26H33BrN2O8S. The van der Waals surface area contributed by atoms with Gasteiger partial charge in [-0.2, -0.15) is 4.31 Å². The Morgan fingerprint density at radius 1 is 1.11 bits per heavy atom. The molecule has 0 radical (unpaired) electrons. The van der Waals surface area contributed by atoms with Crippen LogP contribution in [0.5, 0.6) is 5.75 Å². The number of sulfonamides is 1. The average Bonchev–Trinajstić information content (AvgIpc) is 2.93. The summed E-state index contributed by atoms with van der Waals surface area (Å²) in [5, 5.41) is 12.2. The lowest BCUT2D eigenvalue weighted by Crippen LogP contribution is -2.38. The van der Waals surface area contributed by atoms with E-state index in [4.69, 9.17) is 18.9 Å². The van der Waals surface area contributed by atoms with Crippen LogP contribution in [0.4, 0.5) is 0 Å². The highest BCUT2D eigenvalue weighted by Gasteiger charge is 2.30. The number of rotatable bonds is 14. The van der Waals surface area contributed by atoms with Crippen molar-refractivity contribution in [1.82, 2.24) is 9.62 Å². The lowest BCUT2D eigenvalue weighted by Gasteiger charge is -2.30. The van der Waals surface area contributed by atoms with Crippen LogP contribution in [0.15, 0.2) is 69.7 Å². The first kappa shape index (κ1) is 30.1. The Hall–Kier alpha value is -2.48. The standard InChI is InChI=1S/C26H33BrN2O8S/c1-34-15-11-28-26(31)24-17-20(19-3-5-21(27)6-4-19)18-25(37-24)36-16-13-29(12-14-30)38(32,33)23-9-7-22(35-2)8-10-23/h3-10,17,20,25,30H,11-16,18H2,1-2H3,(H,28,31)/t20-,25+/m0/s1. The van der Waals surface area contributed by atoms with Crippen molar-refractivity contribution < 1.29 is 37.3 Å². The molecule has 2 N–H and O–H groups in total. The SMILES string of the molecule is COCCNC(=O)C1=C[C@H](c2ccc(Br)cc2)C[C@H](OCCN(CCO)S(=O)(=O)c2ccc(OC)cc2)O1. The van der Waals surface area contributed by atoms with Gasteiger partial charge in [-0.1, -0.05) is 28.1 Å². The molecule has 10 nitrogen and oxygen atoms in total. The van der Waals surface area contributed by atoms with Crippen molar-refractivity contribution in [3.05, 3.63) is 70.4 Å². The van der Waals surface area contributed by atoms with Crippen LogP contribution < -0.4 is 10.1 Å². The quantitative estimate of drug-likeness (QED) is 0.312. The summed E-state index contributed by atoms with van der Waals surface area (Å²) in [7, 11) is -0.837. The van der Waals surface area contributed by atoms with E-state index >= 15 is 0 Å². The molecule has 38 heavy (non-hydrogen) atoms. The van der Waals surface area contributed by atoms with Crippen molar-refractivity contribution in [3.8, 4) is 5.75 Å². The van der Waals surface area contributed by atoms with Crippen LogP contribution in [0.1, 0.15) is 17.9 Å². The minimum Gasteiger partial charge on any atom is -0.497 e. The zero-order valence-electron chi connectivity index (χ0n) is 21.3. The van der Waals surface area contributed by atoms with Gasteiger partial charge in [-0.3, -0.25) is 4.79 Å². The molecule has 0 saturated carbocycles. The molecular weight excluding hydrogens is 580 g/mol. The smallest absolute Gasteiger partial charge is 0.286 e. The third-order valence-corrected chi connectivity index (χ3v) is 8.30. The van der Waals surface area contributed by atoms with E-state index in [9.17, 15) is 18.3 Å². The average molecular weight is 614 g/mol. The monoisotopic (exact) mass is 612 g/mol. The molecule has 208 valence electrons. The topological polar surface area (TPSA) is 124 Å². The number of aliphatic hydroxyl groups is 1. The first-order valence-corrected chi connectivity index (χ1v) is 14.3.